The first-order valence-corrected chi connectivity index (χ1v) is 4.45. The van der Waals surface area contributed by atoms with Crippen LogP contribution in [0.25, 0.3) is 0 Å². The molecule has 0 spiro atoms. The second-order valence-electron chi connectivity index (χ2n) is 2.06. The summed E-state index contributed by atoms with van der Waals surface area (Å²) < 4.78 is 0. The molecular formula is C6H15N2NaO4S2. The number of nitrogens with zero attached hydrogens (tertiary/aromatic N) is 1. The SMILES string of the molecule is NC(O)=S.OCCN(CCO)C(O)=S.[NaH]. The molecule has 9 heteroatoms. The van der Waals surface area contributed by atoms with Crippen molar-refractivity contribution < 1.29 is 20.4 Å². The third-order valence-corrected chi connectivity index (χ3v) is 1.27. The summed E-state index contributed by atoms with van der Waals surface area (Å²) in [6, 6.07) is 0. The Morgan fingerprint density at radius 1 is 1.07 bits per heavy atom. The van der Waals surface area contributed by atoms with Gasteiger partial charge in [0.15, 0.2) is 0 Å². The number of hydrogen-bond acceptors (Lipinski definition) is 4. The molecule has 0 bridgehead atoms. The summed E-state index contributed by atoms with van der Waals surface area (Å²) in [7, 11) is 0. The summed E-state index contributed by atoms with van der Waals surface area (Å²) in [6.45, 7) is 0.354. The Labute approximate surface area is 121 Å². The zero-order valence-corrected chi connectivity index (χ0v) is 9.09. The molecule has 6 nitrogen and oxygen atoms in total. The molecule has 0 radical (unpaired) electrons. The van der Waals surface area contributed by atoms with E-state index in [0.717, 1.165) is 0 Å². The normalized spacial score (nSPS) is 7.87. The molecule has 0 atom stereocenters. The molecule has 15 heavy (non-hydrogen) atoms. The Morgan fingerprint density at radius 2 is 1.33 bits per heavy atom. The summed E-state index contributed by atoms with van der Waals surface area (Å²) in [5.74, 6) is 0. The van der Waals surface area contributed by atoms with E-state index < -0.39 is 5.17 Å². The molecule has 0 amide bonds. The number of hydrogen-bond donors (Lipinski definition) is 5. The van der Waals surface area contributed by atoms with Gasteiger partial charge in [0.25, 0.3) is 10.3 Å². The van der Waals surface area contributed by atoms with Gasteiger partial charge in [0.2, 0.25) is 0 Å². The van der Waals surface area contributed by atoms with Crippen LogP contribution in [0.3, 0.4) is 0 Å². The molecule has 0 rings (SSSR count). The average Bonchev–Trinajstić information content (AvgIpc) is 2.02. The molecular weight excluding hydrogens is 251 g/mol. The van der Waals surface area contributed by atoms with Crippen molar-refractivity contribution in [3.05, 3.63) is 0 Å². The van der Waals surface area contributed by atoms with Gasteiger partial charge in [-0.15, -0.1) is 0 Å². The predicted octanol–water partition coefficient (Wildman–Crippen LogP) is -1.74. The van der Waals surface area contributed by atoms with Crippen molar-refractivity contribution in [3.8, 4) is 0 Å². The molecule has 0 aliphatic carbocycles. The van der Waals surface area contributed by atoms with Gasteiger partial charge in [-0.1, -0.05) is 0 Å². The van der Waals surface area contributed by atoms with E-state index in [2.05, 4.69) is 30.2 Å². The minimum atomic E-state index is -0.500. The van der Waals surface area contributed by atoms with Gasteiger partial charge in [0.05, 0.1) is 13.2 Å². The predicted molar refractivity (Wildman–Crippen MR) is 67.5 cm³/mol. The maximum atomic E-state index is 8.71. The molecule has 0 saturated heterocycles. The number of thiocarbonyl (C=S) groups is 2. The third-order valence-electron chi connectivity index (χ3n) is 1.01. The molecule has 6 N–H and O–H groups in total. The van der Waals surface area contributed by atoms with Crippen LogP contribution in [0.5, 0.6) is 0 Å². The van der Waals surface area contributed by atoms with Crippen molar-refractivity contribution in [2.75, 3.05) is 26.3 Å². The van der Waals surface area contributed by atoms with Gasteiger partial charge in [0.1, 0.15) is 0 Å². The van der Waals surface area contributed by atoms with Crippen molar-refractivity contribution in [2.24, 2.45) is 5.73 Å². The van der Waals surface area contributed by atoms with Gasteiger partial charge >= 0.3 is 29.6 Å². The Morgan fingerprint density at radius 3 is 1.47 bits per heavy atom. The van der Waals surface area contributed by atoms with Crippen molar-refractivity contribution in [1.29, 1.82) is 0 Å². The molecule has 0 aromatic carbocycles. The fourth-order valence-corrected chi connectivity index (χ4v) is 0.727. The monoisotopic (exact) mass is 266 g/mol. The second-order valence-corrected chi connectivity index (χ2v) is 2.84. The number of aliphatic hydroxyl groups is 4. The molecule has 0 aromatic heterocycles. The van der Waals surface area contributed by atoms with Gasteiger partial charge in [-0.3, -0.25) is 0 Å². The van der Waals surface area contributed by atoms with Crippen molar-refractivity contribution in [1.82, 2.24) is 4.90 Å². The molecule has 0 fully saturated rings. The first kappa shape index (κ1) is 20.7. The number of nitrogens with two attached hydrogens (primary N) is 1. The molecule has 0 unspecified atom stereocenters. The van der Waals surface area contributed by atoms with Crippen molar-refractivity contribution in [2.45, 2.75) is 0 Å². The summed E-state index contributed by atoms with van der Waals surface area (Å²) in [6.07, 6.45) is 0. The third kappa shape index (κ3) is 20.4. The average molecular weight is 266 g/mol. The molecule has 0 aliphatic heterocycles. The maximum absolute atomic E-state index is 8.71. The minimum absolute atomic E-state index is 0. The van der Waals surface area contributed by atoms with Crippen LogP contribution >= 0.6 is 24.4 Å². The molecule has 0 aliphatic rings. The number of aliphatic hydroxyl groups excluding tert-OH is 4. The van der Waals surface area contributed by atoms with Gasteiger partial charge in [-0.05, 0) is 24.4 Å². The standard InChI is InChI=1S/C5H11NO3S.CH3NOS.Na.H/c7-3-1-6(2-4-8)5(9)10;2-1(3)4;;/h7-8H,1-4H2,(H,9,10);(H3,2,3,4);;. The van der Waals surface area contributed by atoms with Crippen LogP contribution < -0.4 is 5.73 Å². The topological polar surface area (TPSA) is 110 Å². The van der Waals surface area contributed by atoms with E-state index in [1.807, 2.05) is 0 Å². The van der Waals surface area contributed by atoms with E-state index in [4.69, 9.17) is 20.4 Å². The number of rotatable bonds is 4. The van der Waals surface area contributed by atoms with E-state index in [-0.39, 0.29) is 61.0 Å². The first-order chi connectivity index (χ1) is 6.45. The van der Waals surface area contributed by atoms with E-state index >= 15 is 0 Å². The Hall–Kier alpha value is 0.300. The van der Waals surface area contributed by atoms with Gasteiger partial charge in [0, 0.05) is 13.1 Å². The van der Waals surface area contributed by atoms with Crippen LogP contribution in [0.15, 0.2) is 0 Å². The zero-order valence-electron chi connectivity index (χ0n) is 7.46. The first-order valence-electron chi connectivity index (χ1n) is 3.63. The van der Waals surface area contributed by atoms with E-state index in [9.17, 15) is 0 Å². The van der Waals surface area contributed by atoms with E-state index in [1.165, 1.54) is 4.90 Å². The Kier molecular flexibility index (Phi) is 19.7. The fourth-order valence-electron chi connectivity index (χ4n) is 0.545. The van der Waals surface area contributed by atoms with Crippen molar-refractivity contribution in [3.63, 3.8) is 0 Å². The molecule has 0 saturated carbocycles. The van der Waals surface area contributed by atoms with Gasteiger partial charge in [-0.25, -0.2) is 0 Å². The summed E-state index contributed by atoms with van der Waals surface area (Å²) >= 11 is 8.28. The van der Waals surface area contributed by atoms with Gasteiger partial charge < -0.3 is 31.1 Å². The van der Waals surface area contributed by atoms with E-state index in [0.29, 0.717) is 0 Å². The molecule has 0 heterocycles. The zero-order chi connectivity index (χ0) is 11.6. The summed E-state index contributed by atoms with van der Waals surface area (Å²) in [4.78, 5) is 1.31. The fraction of sp³-hybridized carbons (Fsp3) is 0.667. The van der Waals surface area contributed by atoms with Crippen LogP contribution in [0.2, 0.25) is 0 Å². The van der Waals surface area contributed by atoms with Crippen LogP contribution in [-0.2, 0) is 0 Å². The van der Waals surface area contributed by atoms with Gasteiger partial charge in [-0.2, -0.15) is 0 Å². The Bertz CT molecular complexity index is 175. The second kappa shape index (κ2) is 14.3. The summed E-state index contributed by atoms with van der Waals surface area (Å²) in [5.41, 5.74) is 4.40. The molecule has 0 aromatic rings. The van der Waals surface area contributed by atoms with Crippen LogP contribution in [-0.4, -0.2) is 91.5 Å². The van der Waals surface area contributed by atoms with Crippen molar-refractivity contribution >= 4 is 64.3 Å². The van der Waals surface area contributed by atoms with Crippen LogP contribution in [0, 0.1) is 0 Å². The van der Waals surface area contributed by atoms with E-state index in [1.54, 1.807) is 0 Å². The quantitative estimate of drug-likeness (QED) is 0.301. The van der Waals surface area contributed by atoms with Crippen LogP contribution in [0.4, 0.5) is 0 Å². The molecule has 86 valence electrons. The Balaban J connectivity index is -0.000000249. The van der Waals surface area contributed by atoms with Crippen LogP contribution in [0.1, 0.15) is 0 Å². The summed E-state index contributed by atoms with van der Waals surface area (Å²) in [5, 5.41) is 32.3.